The Morgan fingerprint density at radius 1 is 1.31 bits per heavy atom. The van der Waals surface area contributed by atoms with Crippen LogP contribution in [0.2, 0.25) is 0 Å². The first-order valence-electron chi connectivity index (χ1n) is 8.47. The minimum atomic E-state index is -0.613. The van der Waals surface area contributed by atoms with Crippen molar-refractivity contribution in [2.24, 2.45) is 5.41 Å². The molecule has 2 amide bonds. The van der Waals surface area contributed by atoms with Crippen molar-refractivity contribution in [3.63, 3.8) is 0 Å². The monoisotopic (exact) mass is 420 g/mol. The van der Waals surface area contributed by atoms with Gasteiger partial charge in [-0.15, -0.1) is 0 Å². The number of carbonyl (C=O) groups is 2. The highest BCUT2D eigenvalue weighted by molar-refractivity contribution is 9.10. The zero-order chi connectivity index (χ0) is 18.9. The Morgan fingerprint density at radius 3 is 2.73 bits per heavy atom. The molecule has 0 saturated heterocycles. The lowest BCUT2D eigenvalue weighted by Crippen LogP contribution is -2.42. The van der Waals surface area contributed by atoms with Gasteiger partial charge in [0.1, 0.15) is 12.4 Å². The summed E-state index contributed by atoms with van der Waals surface area (Å²) in [4.78, 5) is 27.0. The number of carbonyl (C=O) groups excluding carboxylic acids is 2. The topological polar surface area (TPSA) is 71.8 Å². The molecule has 6 nitrogen and oxygen atoms in total. The summed E-state index contributed by atoms with van der Waals surface area (Å²) >= 11 is 3.18. The molecule has 1 aromatic heterocycles. The molecule has 3 rings (SSSR count). The molecule has 2 heterocycles. The van der Waals surface area contributed by atoms with Crippen molar-refractivity contribution in [1.82, 2.24) is 0 Å². The molecule has 0 spiro atoms. The molecular weight excluding hydrogens is 400 g/mol. The van der Waals surface area contributed by atoms with E-state index in [-0.39, 0.29) is 17.6 Å². The van der Waals surface area contributed by atoms with Gasteiger partial charge in [0, 0.05) is 12.2 Å². The van der Waals surface area contributed by atoms with Crippen LogP contribution in [-0.2, 0) is 4.79 Å². The van der Waals surface area contributed by atoms with Crippen molar-refractivity contribution in [1.29, 1.82) is 0 Å². The number of benzene rings is 1. The van der Waals surface area contributed by atoms with Crippen LogP contribution in [0.3, 0.4) is 0 Å². The number of nitrogens with zero attached hydrogens (tertiary/aromatic N) is 1. The maximum atomic E-state index is 12.9. The van der Waals surface area contributed by atoms with Crippen LogP contribution in [0.5, 0.6) is 5.75 Å². The maximum absolute atomic E-state index is 12.9. The molecule has 138 valence electrons. The average Bonchev–Trinajstić information content (AvgIpc) is 3.01. The molecule has 0 fully saturated rings. The van der Waals surface area contributed by atoms with Gasteiger partial charge in [-0.3, -0.25) is 9.59 Å². The van der Waals surface area contributed by atoms with Crippen LogP contribution in [-0.4, -0.2) is 25.0 Å². The van der Waals surface area contributed by atoms with Crippen molar-refractivity contribution in [3.8, 4) is 5.75 Å². The van der Waals surface area contributed by atoms with E-state index in [2.05, 4.69) is 21.2 Å². The third-order valence-corrected chi connectivity index (χ3v) is 4.59. The number of nitrogens with one attached hydrogen (secondary N) is 1. The second kappa shape index (κ2) is 7.15. The van der Waals surface area contributed by atoms with Gasteiger partial charge in [-0.1, -0.05) is 6.92 Å². The summed E-state index contributed by atoms with van der Waals surface area (Å²) in [7, 11) is 0. The van der Waals surface area contributed by atoms with Crippen LogP contribution in [0, 0.1) is 5.41 Å². The Hall–Kier alpha value is -2.28. The first-order valence-corrected chi connectivity index (χ1v) is 9.26. The van der Waals surface area contributed by atoms with Crippen molar-refractivity contribution in [2.45, 2.75) is 27.2 Å². The fourth-order valence-corrected chi connectivity index (χ4v) is 3.10. The molecule has 1 aromatic carbocycles. The van der Waals surface area contributed by atoms with E-state index in [9.17, 15) is 9.59 Å². The van der Waals surface area contributed by atoms with Gasteiger partial charge in [0.15, 0.2) is 10.4 Å². The normalized spacial score (nSPS) is 15.8. The highest BCUT2D eigenvalue weighted by Gasteiger charge is 2.37. The highest BCUT2D eigenvalue weighted by Crippen LogP contribution is 2.38. The second-order valence-electron chi connectivity index (χ2n) is 6.87. The maximum Gasteiger partial charge on any atom is 0.291 e. The molecule has 1 N–H and O–H groups in total. The fourth-order valence-electron chi connectivity index (χ4n) is 2.80. The molecule has 1 aliphatic heterocycles. The molecule has 0 saturated carbocycles. The largest absolute Gasteiger partial charge is 0.490 e. The number of furan rings is 1. The van der Waals surface area contributed by atoms with Crippen LogP contribution in [0.25, 0.3) is 0 Å². The van der Waals surface area contributed by atoms with Crippen LogP contribution < -0.4 is 15.0 Å². The fraction of sp³-hybridized carbons (Fsp3) is 0.368. The van der Waals surface area contributed by atoms with E-state index in [0.29, 0.717) is 34.9 Å². The van der Waals surface area contributed by atoms with Crippen LogP contribution in [0.4, 0.5) is 11.4 Å². The van der Waals surface area contributed by atoms with Crippen molar-refractivity contribution >= 4 is 39.1 Å². The van der Waals surface area contributed by atoms with Gasteiger partial charge in [-0.25, -0.2) is 0 Å². The Labute approximate surface area is 160 Å². The van der Waals surface area contributed by atoms with E-state index < -0.39 is 5.41 Å². The molecular formula is C19H21BrN2O4. The minimum Gasteiger partial charge on any atom is -0.490 e. The molecule has 0 atom stereocenters. The SMILES string of the molecule is CCCN1C(=O)C(C)(C)COc2ccc(NC(=O)c3ccc(Br)o3)cc21. The molecule has 2 aromatic rings. The van der Waals surface area contributed by atoms with Gasteiger partial charge in [0.25, 0.3) is 5.91 Å². The van der Waals surface area contributed by atoms with Crippen molar-refractivity contribution in [2.75, 3.05) is 23.4 Å². The molecule has 0 bridgehead atoms. The van der Waals surface area contributed by atoms with Gasteiger partial charge in [0.05, 0.1) is 11.1 Å². The summed E-state index contributed by atoms with van der Waals surface area (Å²) in [5.41, 5.74) is 0.622. The quantitative estimate of drug-likeness (QED) is 0.792. The van der Waals surface area contributed by atoms with Gasteiger partial charge in [-0.2, -0.15) is 0 Å². The first kappa shape index (κ1) is 18.5. The first-order chi connectivity index (χ1) is 12.3. The molecule has 26 heavy (non-hydrogen) atoms. The zero-order valence-corrected chi connectivity index (χ0v) is 16.6. The predicted molar refractivity (Wildman–Crippen MR) is 103 cm³/mol. The Balaban J connectivity index is 1.92. The van der Waals surface area contributed by atoms with E-state index in [1.54, 1.807) is 35.2 Å². The van der Waals surface area contributed by atoms with E-state index in [1.807, 2.05) is 20.8 Å². The smallest absolute Gasteiger partial charge is 0.291 e. The second-order valence-corrected chi connectivity index (χ2v) is 7.65. The zero-order valence-electron chi connectivity index (χ0n) is 15.0. The number of ether oxygens (including phenoxy) is 1. The number of hydrogen-bond donors (Lipinski definition) is 1. The van der Waals surface area contributed by atoms with E-state index in [0.717, 1.165) is 6.42 Å². The van der Waals surface area contributed by atoms with Crippen molar-refractivity contribution < 1.29 is 18.7 Å². The Morgan fingerprint density at radius 2 is 2.08 bits per heavy atom. The third-order valence-electron chi connectivity index (χ3n) is 4.16. The number of halogens is 1. The van der Waals surface area contributed by atoms with Crippen molar-refractivity contribution in [3.05, 3.63) is 40.8 Å². The Kier molecular flexibility index (Phi) is 5.09. The summed E-state index contributed by atoms with van der Waals surface area (Å²) < 4.78 is 11.6. The average molecular weight is 421 g/mol. The van der Waals surface area contributed by atoms with Crippen LogP contribution in [0.1, 0.15) is 37.7 Å². The standard InChI is InChI=1S/C19H21BrN2O4/c1-4-9-22-13-10-12(21-17(23)15-7-8-16(20)26-15)5-6-14(13)25-11-19(2,3)18(22)24/h5-8,10H,4,9,11H2,1-3H3,(H,21,23). The number of fused-ring (bicyclic) bond motifs is 1. The molecule has 0 radical (unpaired) electrons. The Bertz CT molecular complexity index is 844. The minimum absolute atomic E-state index is 0.0107. The van der Waals surface area contributed by atoms with Gasteiger partial charge >= 0.3 is 0 Å². The summed E-state index contributed by atoms with van der Waals surface area (Å²) in [6, 6.07) is 8.53. The third kappa shape index (κ3) is 3.62. The molecule has 7 heteroatoms. The highest BCUT2D eigenvalue weighted by atomic mass is 79.9. The number of anilines is 2. The molecule has 0 unspecified atom stereocenters. The van der Waals surface area contributed by atoms with Crippen LogP contribution >= 0.6 is 15.9 Å². The lowest BCUT2D eigenvalue weighted by Gasteiger charge is -2.27. The lowest BCUT2D eigenvalue weighted by molar-refractivity contribution is -0.127. The van der Waals surface area contributed by atoms with Gasteiger partial charge < -0.3 is 19.4 Å². The van der Waals surface area contributed by atoms with Gasteiger partial charge in [-0.05, 0) is 66.5 Å². The summed E-state index contributed by atoms with van der Waals surface area (Å²) in [5, 5.41) is 2.79. The van der Waals surface area contributed by atoms with E-state index in [4.69, 9.17) is 9.15 Å². The van der Waals surface area contributed by atoms with E-state index >= 15 is 0 Å². The summed E-state index contributed by atoms with van der Waals surface area (Å²) in [6.45, 7) is 6.67. The number of amides is 2. The summed E-state index contributed by atoms with van der Waals surface area (Å²) in [6.07, 6.45) is 0.818. The molecule has 1 aliphatic rings. The van der Waals surface area contributed by atoms with E-state index in [1.165, 1.54) is 0 Å². The number of rotatable bonds is 4. The molecule has 0 aliphatic carbocycles. The lowest BCUT2D eigenvalue weighted by atomic mass is 9.93. The summed E-state index contributed by atoms with van der Waals surface area (Å²) in [5.74, 6) is 0.484. The van der Waals surface area contributed by atoms with Gasteiger partial charge in [0.2, 0.25) is 5.91 Å². The predicted octanol–water partition coefficient (Wildman–Crippen LogP) is 4.46. The number of hydrogen-bond acceptors (Lipinski definition) is 4. The van der Waals surface area contributed by atoms with Crippen LogP contribution in [0.15, 0.2) is 39.4 Å².